The molecular weight excluding hydrogens is 257 g/mol. The zero-order valence-corrected chi connectivity index (χ0v) is 10.7. The zero-order chi connectivity index (χ0) is 14.1. The van der Waals surface area contributed by atoms with Crippen LogP contribution in [-0.2, 0) is 6.42 Å². The van der Waals surface area contributed by atoms with Gasteiger partial charge in [0.1, 0.15) is 5.82 Å². The highest BCUT2D eigenvalue weighted by Crippen LogP contribution is 2.22. The summed E-state index contributed by atoms with van der Waals surface area (Å²) >= 11 is 0. The van der Waals surface area contributed by atoms with Crippen molar-refractivity contribution in [1.82, 2.24) is 4.90 Å². The van der Waals surface area contributed by atoms with Gasteiger partial charge in [-0.25, -0.2) is 4.39 Å². The molecule has 0 saturated heterocycles. The predicted molar refractivity (Wildman–Crippen MR) is 71.9 cm³/mol. The number of hydrogen-bond acceptors (Lipinski definition) is 2. The summed E-state index contributed by atoms with van der Waals surface area (Å²) in [6.45, 7) is 0.188. The maximum atomic E-state index is 13.5. The summed E-state index contributed by atoms with van der Waals surface area (Å²) in [7, 11) is 0. The van der Waals surface area contributed by atoms with Crippen LogP contribution in [0.2, 0.25) is 0 Å². The quantitative estimate of drug-likeness (QED) is 0.803. The molecule has 0 radical (unpaired) electrons. The lowest BCUT2D eigenvalue weighted by Crippen LogP contribution is -2.31. The summed E-state index contributed by atoms with van der Waals surface area (Å²) in [6, 6.07) is 13.1. The molecule has 0 atom stereocenters. The lowest BCUT2D eigenvalue weighted by atomic mass is 10.1. The summed E-state index contributed by atoms with van der Waals surface area (Å²) in [5.74, 6) is -0.923. The normalized spacial score (nSPS) is 13.8. The Morgan fingerprint density at radius 3 is 2.00 bits per heavy atom. The first-order chi connectivity index (χ1) is 9.68. The van der Waals surface area contributed by atoms with Crippen LogP contribution in [0, 0.1) is 5.82 Å². The summed E-state index contributed by atoms with van der Waals surface area (Å²) in [4.78, 5) is 25.4. The first-order valence-corrected chi connectivity index (χ1v) is 6.37. The molecule has 1 heterocycles. The van der Waals surface area contributed by atoms with E-state index in [4.69, 9.17) is 0 Å². The molecule has 100 valence electrons. The van der Waals surface area contributed by atoms with Crippen molar-refractivity contribution in [2.75, 3.05) is 6.54 Å². The van der Waals surface area contributed by atoms with Crippen LogP contribution in [0.1, 0.15) is 26.3 Å². The molecule has 20 heavy (non-hydrogen) atoms. The Morgan fingerprint density at radius 2 is 1.40 bits per heavy atom. The molecule has 2 amide bonds. The highest BCUT2D eigenvalue weighted by Gasteiger charge is 2.34. The molecule has 0 aliphatic carbocycles. The van der Waals surface area contributed by atoms with Crippen LogP contribution in [0.25, 0.3) is 0 Å². The van der Waals surface area contributed by atoms with Crippen LogP contribution in [0.3, 0.4) is 0 Å². The molecule has 3 rings (SSSR count). The highest BCUT2D eigenvalue weighted by atomic mass is 19.1. The molecule has 0 fully saturated rings. The fraction of sp³-hybridized carbons (Fsp3) is 0.125. The van der Waals surface area contributed by atoms with Crippen LogP contribution < -0.4 is 0 Å². The number of benzene rings is 2. The summed E-state index contributed by atoms with van der Waals surface area (Å²) in [5.41, 5.74) is 1.35. The van der Waals surface area contributed by atoms with Crippen LogP contribution in [0.5, 0.6) is 0 Å². The number of halogens is 1. The van der Waals surface area contributed by atoms with E-state index in [0.29, 0.717) is 23.1 Å². The lowest BCUT2D eigenvalue weighted by Gasteiger charge is -2.13. The van der Waals surface area contributed by atoms with Crippen molar-refractivity contribution < 1.29 is 14.0 Å². The molecule has 0 spiro atoms. The van der Waals surface area contributed by atoms with Crippen LogP contribution in [0.15, 0.2) is 48.5 Å². The smallest absolute Gasteiger partial charge is 0.261 e. The van der Waals surface area contributed by atoms with Crippen molar-refractivity contribution in [3.63, 3.8) is 0 Å². The van der Waals surface area contributed by atoms with E-state index in [1.165, 1.54) is 11.0 Å². The van der Waals surface area contributed by atoms with Gasteiger partial charge < -0.3 is 0 Å². The molecule has 1 aliphatic rings. The molecule has 2 aromatic rings. The highest BCUT2D eigenvalue weighted by molar-refractivity contribution is 6.21. The van der Waals surface area contributed by atoms with Gasteiger partial charge >= 0.3 is 0 Å². The van der Waals surface area contributed by atoms with Gasteiger partial charge in [-0.05, 0) is 30.2 Å². The Labute approximate surface area is 115 Å². The number of imide groups is 1. The van der Waals surface area contributed by atoms with Gasteiger partial charge in [0, 0.05) is 6.54 Å². The first kappa shape index (κ1) is 12.5. The molecule has 0 bridgehead atoms. The van der Waals surface area contributed by atoms with Crippen molar-refractivity contribution in [3.05, 3.63) is 71.0 Å². The van der Waals surface area contributed by atoms with Gasteiger partial charge in [-0.3, -0.25) is 14.5 Å². The Bertz CT molecular complexity index is 661. The van der Waals surface area contributed by atoms with Gasteiger partial charge in [-0.15, -0.1) is 0 Å². The van der Waals surface area contributed by atoms with Gasteiger partial charge in [-0.1, -0.05) is 30.3 Å². The van der Waals surface area contributed by atoms with Crippen LogP contribution in [0.4, 0.5) is 4.39 Å². The van der Waals surface area contributed by atoms with E-state index in [2.05, 4.69) is 0 Å². The zero-order valence-electron chi connectivity index (χ0n) is 10.7. The third kappa shape index (κ3) is 1.99. The molecule has 0 N–H and O–H groups in total. The number of fused-ring (bicyclic) bond motifs is 1. The van der Waals surface area contributed by atoms with Crippen molar-refractivity contribution in [1.29, 1.82) is 0 Å². The second-order valence-corrected chi connectivity index (χ2v) is 4.65. The van der Waals surface area contributed by atoms with Gasteiger partial charge in [0.2, 0.25) is 0 Å². The van der Waals surface area contributed by atoms with Crippen molar-refractivity contribution in [2.45, 2.75) is 6.42 Å². The largest absolute Gasteiger partial charge is 0.274 e. The van der Waals surface area contributed by atoms with E-state index in [1.54, 1.807) is 42.5 Å². The number of amides is 2. The lowest BCUT2D eigenvalue weighted by molar-refractivity contribution is 0.0655. The molecule has 0 aromatic heterocycles. The minimum Gasteiger partial charge on any atom is -0.274 e. The van der Waals surface area contributed by atoms with E-state index >= 15 is 0 Å². The number of carbonyl (C=O) groups is 2. The molecule has 0 unspecified atom stereocenters. The number of hydrogen-bond donors (Lipinski definition) is 0. The maximum Gasteiger partial charge on any atom is 0.261 e. The average Bonchev–Trinajstić information content (AvgIpc) is 2.71. The van der Waals surface area contributed by atoms with E-state index in [1.807, 2.05) is 0 Å². The molecule has 2 aromatic carbocycles. The predicted octanol–water partition coefficient (Wildman–Crippen LogP) is 2.66. The topological polar surface area (TPSA) is 37.4 Å². The summed E-state index contributed by atoms with van der Waals surface area (Å²) in [5, 5.41) is 0. The molecule has 1 aliphatic heterocycles. The Hall–Kier alpha value is -2.49. The van der Waals surface area contributed by atoms with Gasteiger partial charge in [-0.2, -0.15) is 0 Å². The molecule has 0 saturated carbocycles. The van der Waals surface area contributed by atoms with E-state index < -0.39 is 0 Å². The molecule has 3 nitrogen and oxygen atoms in total. The third-order valence-corrected chi connectivity index (χ3v) is 3.44. The second kappa shape index (κ2) is 4.89. The Balaban J connectivity index is 1.79. The fourth-order valence-electron chi connectivity index (χ4n) is 2.38. The number of carbonyl (C=O) groups excluding carboxylic acids is 2. The first-order valence-electron chi connectivity index (χ1n) is 6.37. The maximum absolute atomic E-state index is 13.5. The Morgan fingerprint density at radius 1 is 0.850 bits per heavy atom. The van der Waals surface area contributed by atoms with E-state index in [-0.39, 0.29) is 24.2 Å². The summed E-state index contributed by atoms with van der Waals surface area (Å²) < 4.78 is 13.5. The Kier molecular flexibility index (Phi) is 3.06. The average molecular weight is 269 g/mol. The van der Waals surface area contributed by atoms with Crippen molar-refractivity contribution >= 4 is 11.8 Å². The third-order valence-electron chi connectivity index (χ3n) is 3.44. The molecular formula is C16H12FNO2. The minimum atomic E-state index is -0.316. The minimum absolute atomic E-state index is 0.188. The van der Waals surface area contributed by atoms with Gasteiger partial charge in [0.25, 0.3) is 11.8 Å². The SMILES string of the molecule is O=C1c2ccccc2C(=O)N1CCc1ccccc1F. The van der Waals surface area contributed by atoms with E-state index in [9.17, 15) is 14.0 Å². The number of rotatable bonds is 3. The second-order valence-electron chi connectivity index (χ2n) is 4.65. The van der Waals surface area contributed by atoms with Crippen LogP contribution in [-0.4, -0.2) is 23.3 Å². The molecule has 4 heteroatoms. The monoisotopic (exact) mass is 269 g/mol. The van der Waals surface area contributed by atoms with E-state index in [0.717, 1.165) is 0 Å². The summed E-state index contributed by atoms with van der Waals surface area (Å²) in [6.07, 6.45) is 0.318. The van der Waals surface area contributed by atoms with Crippen LogP contribution >= 0.6 is 0 Å². The van der Waals surface area contributed by atoms with Crippen molar-refractivity contribution in [3.8, 4) is 0 Å². The fourth-order valence-corrected chi connectivity index (χ4v) is 2.38. The van der Waals surface area contributed by atoms with Gasteiger partial charge in [0.15, 0.2) is 0 Å². The standard InChI is InChI=1S/C16H12FNO2/c17-14-8-4-1-5-11(14)9-10-18-15(19)12-6-2-3-7-13(12)16(18)20/h1-8H,9-10H2. The number of nitrogens with zero attached hydrogens (tertiary/aromatic N) is 1. The van der Waals surface area contributed by atoms with Crippen molar-refractivity contribution in [2.24, 2.45) is 0 Å². The van der Waals surface area contributed by atoms with Gasteiger partial charge in [0.05, 0.1) is 11.1 Å².